The van der Waals surface area contributed by atoms with Crippen molar-refractivity contribution in [2.24, 2.45) is 0 Å². The first kappa shape index (κ1) is 42.0. The van der Waals surface area contributed by atoms with Crippen molar-refractivity contribution in [1.82, 2.24) is 0 Å². The van der Waals surface area contributed by atoms with Crippen molar-refractivity contribution in [3.05, 3.63) is 144 Å². The van der Waals surface area contributed by atoms with Gasteiger partial charge in [0.2, 0.25) is 0 Å². The van der Waals surface area contributed by atoms with Crippen molar-refractivity contribution in [3.63, 3.8) is 0 Å². The van der Waals surface area contributed by atoms with E-state index in [1.807, 2.05) is 12.2 Å². The maximum absolute atomic E-state index is 14.2. The van der Waals surface area contributed by atoms with Crippen LogP contribution < -0.4 is 3.32 Å². The van der Waals surface area contributed by atoms with Crippen LogP contribution in [0.25, 0.3) is 11.1 Å². The topological polar surface area (TPSA) is 0 Å². The molecule has 4 aromatic rings. The number of aryl methyl sites for hydroxylation is 1. The van der Waals surface area contributed by atoms with Gasteiger partial charge in [-0.3, -0.25) is 0 Å². The Labute approximate surface area is 323 Å². The van der Waals surface area contributed by atoms with E-state index < -0.39 is 44.4 Å². The number of alkyl halides is 6. The number of hydrogen-bond acceptors (Lipinski definition) is 0. The van der Waals surface area contributed by atoms with Crippen LogP contribution in [0.4, 0.5) is 26.3 Å². The third kappa shape index (κ3) is 8.03. The molecule has 0 nitrogen and oxygen atoms in total. The Hall–Kier alpha value is -2.74. The molecule has 9 heteroatoms. The Bertz CT molecular complexity index is 2060. The van der Waals surface area contributed by atoms with Gasteiger partial charge in [0.05, 0.1) is 0 Å². The average Bonchev–Trinajstić information content (AvgIpc) is 3.66. The molecule has 0 saturated carbocycles. The molecular weight excluding hydrogens is 880 g/mol. The van der Waals surface area contributed by atoms with Crippen LogP contribution in [0.1, 0.15) is 104 Å². The quantitative estimate of drug-likeness (QED) is 0.124. The minimum absolute atomic E-state index is 0. The molecule has 0 bridgehead atoms. The third-order valence-corrected chi connectivity index (χ3v) is 21.7. The molecule has 2 aliphatic rings. The van der Waals surface area contributed by atoms with Crippen molar-refractivity contribution in [2.75, 3.05) is 0 Å². The van der Waals surface area contributed by atoms with E-state index in [4.69, 9.17) is 0 Å². The largest absolute Gasteiger partial charge is 0.147 e. The first-order chi connectivity index (χ1) is 23.2. The first-order valence-corrected chi connectivity index (χ1v) is 22.3. The summed E-state index contributed by atoms with van der Waals surface area (Å²) in [5.41, 5.74) is 8.10. The molecule has 0 amide bonds. The van der Waals surface area contributed by atoms with Crippen molar-refractivity contribution in [1.29, 1.82) is 0 Å². The van der Waals surface area contributed by atoms with Crippen LogP contribution >= 0.6 is 24.8 Å². The van der Waals surface area contributed by atoms with E-state index in [0.717, 1.165) is 44.3 Å². The van der Waals surface area contributed by atoms with Crippen LogP contribution in [0.5, 0.6) is 0 Å². The SMILES string of the molecule is Cc1cc2c(cc1C(C)(C)C)-c1cc(C(C)(C)C)c(C)[c]([Hf]([C]3=CC=CC3)=[C](c3cccc(C(F)(F)F)c3)c3cccc(C(F)(F)F)c3)c1C2.Cl.Cl. The fourth-order valence-electron chi connectivity index (χ4n) is 7.78. The fourth-order valence-corrected chi connectivity index (χ4v) is 20.0. The van der Waals surface area contributed by atoms with Gasteiger partial charge < -0.3 is 0 Å². The van der Waals surface area contributed by atoms with Crippen molar-refractivity contribution >= 4 is 31.4 Å². The fraction of sp³-hybridized carbons (Fsp3) is 0.326. The first-order valence-electron chi connectivity index (χ1n) is 16.9. The van der Waals surface area contributed by atoms with E-state index in [2.05, 4.69) is 79.7 Å². The summed E-state index contributed by atoms with van der Waals surface area (Å²) in [7, 11) is 0. The summed E-state index contributed by atoms with van der Waals surface area (Å²) >= 11 is -3.89. The number of allylic oxidation sites excluding steroid dienone is 4. The Morgan fingerprint density at radius 3 is 1.63 bits per heavy atom. The standard InChI is InChI=1S/C23H29.C15H8F6.C5H5.2ClH.Hf/c1-14-9-16-11-17-10-15(2)21(23(6,7)8)13-19(17)18(16)12-20(14)22(3,4)5;16-14(17,18)12-5-1-3-10(8-12)7-11-4-2-6-13(9-11)15(19,20)21;1-2-4-5-3-1;;;/h9,12-13H,11H2,1-8H3;1-6,8-9H;1-3H,4H2;2*1H;. The van der Waals surface area contributed by atoms with Gasteiger partial charge in [0.25, 0.3) is 0 Å². The van der Waals surface area contributed by atoms with Crippen LogP contribution in [0.2, 0.25) is 0 Å². The Morgan fingerprint density at radius 2 is 1.17 bits per heavy atom. The summed E-state index contributed by atoms with van der Waals surface area (Å²) in [5, 5.41) is 0. The molecule has 0 saturated heterocycles. The van der Waals surface area contributed by atoms with E-state index in [0.29, 0.717) is 27.2 Å². The molecule has 0 atom stereocenters. The molecule has 0 unspecified atom stereocenters. The van der Waals surface area contributed by atoms with Gasteiger partial charge in [-0.25, -0.2) is 0 Å². The van der Waals surface area contributed by atoms with E-state index in [-0.39, 0.29) is 35.6 Å². The molecule has 4 aromatic carbocycles. The maximum atomic E-state index is 14.2. The van der Waals surface area contributed by atoms with Crippen LogP contribution in [0.3, 0.4) is 0 Å². The van der Waals surface area contributed by atoms with Crippen LogP contribution in [-0.2, 0) is 50.6 Å². The second kappa shape index (κ2) is 14.8. The molecule has 52 heavy (non-hydrogen) atoms. The Balaban J connectivity index is 0.00000302. The number of fused-ring (bicyclic) bond motifs is 3. The zero-order valence-corrected chi connectivity index (χ0v) is 35.8. The molecule has 0 heterocycles. The molecule has 0 radical (unpaired) electrons. The van der Waals surface area contributed by atoms with E-state index in [1.54, 1.807) is 12.1 Å². The summed E-state index contributed by atoms with van der Waals surface area (Å²) in [5.74, 6) is 0. The summed E-state index contributed by atoms with van der Waals surface area (Å²) in [4.78, 5) is 0. The molecule has 2 aliphatic carbocycles. The Kier molecular flexibility index (Phi) is 12.0. The predicted molar refractivity (Wildman–Crippen MR) is 204 cm³/mol. The van der Waals surface area contributed by atoms with Gasteiger partial charge in [-0.1, -0.05) is 0 Å². The monoisotopic (exact) mass is 924 g/mol. The summed E-state index contributed by atoms with van der Waals surface area (Å²) < 4.78 is 88.4. The van der Waals surface area contributed by atoms with E-state index in [9.17, 15) is 26.3 Å². The smallest absolute Gasteiger partial charge is 0.147 e. The third-order valence-electron chi connectivity index (χ3n) is 9.97. The number of benzene rings is 4. The molecule has 0 N–H and O–H groups in total. The molecule has 6 rings (SSSR count). The Morgan fingerprint density at radius 1 is 0.654 bits per heavy atom. The van der Waals surface area contributed by atoms with Crippen LogP contribution in [0.15, 0.2) is 88.3 Å². The summed E-state index contributed by atoms with van der Waals surface area (Å²) in [6.07, 6.45) is -1.83. The number of rotatable bonds is 4. The molecule has 0 aliphatic heterocycles. The van der Waals surface area contributed by atoms with Crippen molar-refractivity contribution < 1.29 is 47.3 Å². The van der Waals surface area contributed by atoms with E-state index >= 15 is 0 Å². The second-order valence-electron chi connectivity index (χ2n) is 15.7. The summed E-state index contributed by atoms with van der Waals surface area (Å²) in [6, 6.07) is 17.3. The van der Waals surface area contributed by atoms with Crippen molar-refractivity contribution in [3.8, 4) is 11.1 Å². The molecule has 276 valence electrons. The maximum Gasteiger partial charge on any atom is -0.147 e. The van der Waals surface area contributed by atoms with Gasteiger partial charge in [-0.2, -0.15) is 0 Å². The molecular formula is C43H44Cl2F6Hf. The predicted octanol–water partition coefficient (Wildman–Crippen LogP) is 12.7. The average molecular weight is 924 g/mol. The number of hydrogen-bond donors (Lipinski definition) is 0. The van der Waals surface area contributed by atoms with Gasteiger partial charge >= 0.3 is 300 Å². The van der Waals surface area contributed by atoms with Gasteiger partial charge in [0.1, 0.15) is 0 Å². The van der Waals surface area contributed by atoms with Crippen molar-refractivity contribution in [2.45, 2.75) is 91.4 Å². The van der Waals surface area contributed by atoms with Gasteiger partial charge in [-0.15, -0.1) is 24.8 Å². The van der Waals surface area contributed by atoms with Gasteiger partial charge in [0.15, 0.2) is 0 Å². The van der Waals surface area contributed by atoms with E-state index in [1.165, 1.54) is 43.3 Å². The van der Waals surface area contributed by atoms with Crippen LogP contribution in [-0.4, -0.2) is 3.26 Å². The summed E-state index contributed by atoms with van der Waals surface area (Å²) in [6.45, 7) is 17.4. The molecule has 0 fully saturated rings. The zero-order valence-electron chi connectivity index (χ0n) is 30.6. The minimum Gasteiger partial charge on any atom is -0.147 e. The number of halogens is 8. The second-order valence-corrected chi connectivity index (χ2v) is 24.3. The van der Waals surface area contributed by atoms with Gasteiger partial charge in [-0.05, 0) is 0 Å². The molecule has 0 spiro atoms. The normalized spacial score (nSPS) is 13.9. The zero-order chi connectivity index (χ0) is 36.6. The minimum atomic E-state index is -4.61. The van der Waals surface area contributed by atoms with Crippen LogP contribution in [0, 0.1) is 13.8 Å². The van der Waals surface area contributed by atoms with Gasteiger partial charge in [0, 0.05) is 0 Å². The molecule has 0 aromatic heterocycles.